The highest BCUT2D eigenvalue weighted by Crippen LogP contribution is 2.30. The molecule has 1 aliphatic rings. The fraction of sp³-hybridized carbons (Fsp3) is 0.520. The number of rotatable bonds is 9. The largest absolute Gasteiger partial charge is 0.374 e. The van der Waals surface area contributed by atoms with Gasteiger partial charge in [0.15, 0.2) is 9.84 Å². The number of benzene rings is 2. The van der Waals surface area contributed by atoms with Crippen molar-refractivity contribution in [3.8, 4) is 0 Å². The van der Waals surface area contributed by atoms with Crippen LogP contribution in [0.25, 0.3) is 0 Å². The first-order valence-corrected chi connectivity index (χ1v) is 12.6. The first kappa shape index (κ1) is 22.8. The highest BCUT2D eigenvalue weighted by molar-refractivity contribution is 7.92. The third-order valence-corrected chi connectivity index (χ3v) is 8.92. The van der Waals surface area contributed by atoms with Gasteiger partial charge in [0.2, 0.25) is 0 Å². The molecule has 2 aromatic carbocycles. The molecule has 4 nitrogen and oxygen atoms in total. The minimum atomic E-state index is -3.32. The third kappa shape index (κ3) is 5.64. The predicted molar refractivity (Wildman–Crippen MR) is 126 cm³/mol. The fourth-order valence-electron chi connectivity index (χ4n) is 4.46. The van der Waals surface area contributed by atoms with Crippen molar-refractivity contribution in [3.63, 3.8) is 0 Å². The van der Waals surface area contributed by atoms with E-state index in [1.807, 2.05) is 19.9 Å². The van der Waals surface area contributed by atoms with E-state index >= 15 is 0 Å². The minimum absolute atomic E-state index is 0.428. The number of hydrogen-bond acceptors (Lipinski definition) is 4. The van der Waals surface area contributed by atoms with Crippen LogP contribution in [-0.2, 0) is 9.84 Å². The van der Waals surface area contributed by atoms with Gasteiger partial charge in [-0.15, -0.1) is 0 Å². The van der Waals surface area contributed by atoms with Gasteiger partial charge in [-0.25, -0.2) is 8.42 Å². The molecule has 0 amide bonds. The highest BCUT2D eigenvalue weighted by Gasteiger charge is 2.35. The van der Waals surface area contributed by atoms with Gasteiger partial charge in [-0.2, -0.15) is 0 Å². The summed E-state index contributed by atoms with van der Waals surface area (Å²) in [5.41, 5.74) is 1.27. The van der Waals surface area contributed by atoms with E-state index in [0.29, 0.717) is 17.2 Å². The van der Waals surface area contributed by atoms with Gasteiger partial charge in [-0.05, 0) is 82.8 Å². The molecule has 1 saturated heterocycles. The SMILES string of the molecule is CN(CC1CCCN(CCCC(C)(C)S(=O)(=O)c2ccccc2)C1)c1ccccc1. The predicted octanol–water partition coefficient (Wildman–Crippen LogP) is 4.87. The summed E-state index contributed by atoms with van der Waals surface area (Å²) in [6.45, 7) is 7.99. The molecule has 30 heavy (non-hydrogen) atoms. The quantitative estimate of drug-likeness (QED) is 0.571. The van der Waals surface area contributed by atoms with Crippen molar-refractivity contribution >= 4 is 15.5 Å². The molecular formula is C25H36N2O2S. The monoisotopic (exact) mass is 428 g/mol. The summed E-state index contributed by atoms with van der Waals surface area (Å²) in [6, 6.07) is 19.4. The molecule has 0 saturated carbocycles. The topological polar surface area (TPSA) is 40.6 Å². The van der Waals surface area contributed by atoms with E-state index in [1.54, 1.807) is 24.3 Å². The lowest BCUT2D eigenvalue weighted by Gasteiger charge is -2.36. The maximum atomic E-state index is 13.0. The molecule has 164 valence electrons. The smallest absolute Gasteiger partial charge is 0.183 e. The van der Waals surface area contributed by atoms with Crippen LogP contribution in [0.1, 0.15) is 39.5 Å². The van der Waals surface area contributed by atoms with Crippen molar-refractivity contribution in [2.45, 2.75) is 49.2 Å². The number of piperidine rings is 1. The van der Waals surface area contributed by atoms with Crippen LogP contribution in [-0.4, -0.2) is 51.3 Å². The zero-order valence-corrected chi connectivity index (χ0v) is 19.4. The Bertz CT molecular complexity index is 882. The Labute approximate surface area is 182 Å². The summed E-state index contributed by atoms with van der Waals surface area (Å²) < 4.78 is 25.3. The molecule has 1 aliphatic heterocycles. The summed E-state index contributed by atoms with van der Waals surface area (Å²) >= 11 is 0. The second-order valence-electron chi connectivity index (χ2n) is 9.20. The Morgan fingerprint density at radius 3 is 2.33 bits per heavy atom. The maximum Gasteiger partial charge on any atom is 0.183 e. The van der Waals surface area contributed by atoms with E-state index in [2.05, 4.69) is 47.2 Å². The molecule has 0 aliphatic carbocycles. The molecule has 1 unspecified atom stereocenters. The first-order chi connectivity index (χ1) is 14.3. The average molecular weight is 429 g/mol. The lowest BCUT2D eigenvalue weighted by atomic mass is 9.96. The Kier molecular flexibility index (Phi) is 7.59. The van der Waals surface area contributed by atoms with E-state index in [-0.39, 0.29) is 0 Å². The summed E-state index contributed by atoms with van der Waals surface area (Å²) in [4.78, 5) is 5.30. The van der Waals surface area contributed by atoms with Gasteiger partial charge in [0.25, 0.3) is 0 Å². The molecule has 0 radical (unpaired) electrons. The molecule has 1 fully saturated rings. The van der Waals surface area contributed by atoms with Crippen molar-refractivity contribution in [2.24, 2.45) is 5.92 Å². The van der Waals surface area contributed by atoms with Crippen LogP contribution in [0.3, 0.4) is 0 Å². The Morgan fingerprint density at radius 1 is 1.03 bits per heavy atom. The molecule has 0 spiro atoms. The molecule has 3 rings (SSSR count). The third-order valence-electron chi connectivity index (χ3n) is 6.37. The van der Waals surface area contributed by atoms with E-state index in [0.717, 1.165) is 32.6 Å². The van der Waals surface area contributed by atoms with Crippen LogP contribution in [0.2, 0.25) is 0 Å². The number of likely N-dealkylation sites (tertiary alicyclic amines) is 1. The van der Waals surface area contributed by atoms with Gasteiger partial charge < -0.3 is 9.80 Å². The molecule has 0 aromatic heterocycles. The van der Waals surface area contributed by atoms with E-state index in [4.69, 9.17) is 0 Å². The Morgan fingerprint density at radius 2 is 1.67 bits per heavy atom. The number of para-hydroxylation sites is 1. The highest BCUT2D eigenvalue weighted by atomic mass is 32.2. The van der Waals surface area contributed by atoms with Crippen LogP contribution in [0.5, 0.6) is 0 Å². The van der Waals surface area contributed by atoms with Crippen LogP contribution in [0.4, 0.5) is 5.69 Å². The molecule has 0 N–H and O–H groups in total. The number of nitrogens with zero attached hydrogens (tertiary/aromatic N) is 2. The van der Waals surface area contributed by atoms with Gasteiger partial charge in [0, 0.05) is 25.8 Å². The zero-order chi connectivity index (χ0) is 21.6. The summed E-state index contributed by atoms with van der Waals surface area (Å²) in [6.07, 6.45) is 4.07. The molecule has 1 atom stereocenters. The van der Waals surface area contributed by atoms with Crippen LogP contribution in [0, 0.1) is 5.92 Å². The van der Waals surface area contributed by atoms with Gasteiger partial charge in [-0.3, -0.25) is 0 Å². The van der Waals surface area contributed by atoms with Gasteiger partial charge in [-0.1, -0.05) is 36.4 Å². The molecule has 2 aromatic rings. The lowest BCUT2D eigenvalue weighted by molar-refractivity contribution is 0.173. The number of sulfone groups is 1. The van der Waals surface area contributed by atoms with Crippen LogP contribution in [0.15, 0.2) is 65.6 Å². The molecule has 5 heteroatoms. The standard InChI is InChI=1S/C25H36N2O2S/c1-25(2,30(28,29)24-15-8-5-9-16-24)17-11-19-27-18-10-12-22(21-27)20-26(3)23-13-6-4-7-14-23/h4-9,13-16,22H,10-12,17-21H2,1-3H3. The Balaban J connectivity index is 1.49. The van der Waals surface area contributed by atoms with Crippen molar-refractivity contribution in [2.75, 3.05) is 38.1 Å². The van der Waals surface area contributed by atoms with E-state index < -0.39 is 14.6 Å². The average Bonchev–Trinajstić information content (AvgIpc) is 2.75. The maximum absolute atomic E-state index is 13.0. The second-order valence-corrected chi connectivity index (χ2v) is 11.8. The van der Waals surface area contributed by atoms with E-state index in [9.17, 15) is 8.42 Å². The van der Waals surface area contributed by atoms with Crippen LogP contribution >= 0.6 is 0 Å². The van der Waals surface area contributed by atoms with Crippen molar-refractivity contribution in [1.29, 1.82) is 0 Å². The van der Waals surface area contributed by atoms with Gasteiger partial charge in [0.1, 0.15) is 0 Å². The van der Waals surface area contributed by atoms with Crippen LogP contribution < -0.4 is 4.90 Å². The molecule has 1 heterocycles. The van der Waals surface area contributed by atoms with Crippen molar-refractivity contribution < 1.29 is 8.42 Å². The van der Waals surface area contributed by atoms with E-state index in [1.165, 1.54) is 18.5 Å². The summed E-state index contributed by atoms with van der Waals surface area (Å²) in [5.74, 6) is 0.657. The normalized spacial score (nSPS) is 18.3. The van der Waals surface area contributed by atoms with Crippen molar-refractivity contribution in [3.05, 3.63) is 60.7 Å². The lowest BCUT2D eigenvalue weighted by Crippen LogP contribution is -2.41. The molecular weight excluding hydrogens is 392 g/mol. The minimum Gasteiger partial charge on any atom is -0.374 e. The second kappa shape index (κ2) is 9.97. The van der Waals surface area contributed by atoms with Gasteiger partial charge >= 0.3 is 0 Å². The molecule has 0 bridgehead atoms. The number of hydrogen-bond donors (Lipinski definition) is 0. The first-order valence-electron chi connectivity index (χ1n) is 11.1. The summed E-state index contributed by atoms with van der Waals surface area (Å²) in [5, 5.41) is 0. The fourth-order valence-corrected chi connectivity index (χ4v) is 6.03. The Hall–Kier alpha value is -1.85. The van der Waals surface area contributed by atoms with Crippen molar-refractivity contribution in [1.82, 2.24) is 4.90 Å². The zero-order valence-electron chi connectivity index (χ0n) is 18.6. The number of anilines is 1. The summed E-state index contributed by atoms with van der Waals surface area (Å²) in [7, 11) is -1.15. The van der Waals surface area contributed by atoms with Gasteiger partial charge in [0.05, 0.1) is 9.64 Å².